The molecule has 1 aromatic rings. The molecule has 0 aliphatic carbocycles. The van der Waals surface area contributed by atoms with Crippen molar-refractivity contribution in [1.82, 2.24) is 10.2 Å². The van der Waals surface area contributed by atoms with Crippen molar-refractivity contribution >= 4 is 23.6 Å². The van der Waals surface area contributed by atoms with E-state index in [9.17, 15) is 9.59 Å². The fourth-order valence-corrected chi connectivity index (χ4v) is 4.10. The molecule has 0 unspecified atom stereocenters. The van der Waals surface area contributed by atoms with Gasteiger partial charge in [-0.1, -0.05) is 18.2 Å². The fraction of sp³-hybridized carbons (Fsp3) is 0.429. The number of methoxy groups -OCH3 is 1. The zero-order valence-corrected chi connectivity index (χ0v) is 12.0. The van der Waals surface area contributed by atoms with E-state index in [0.29, 0.717) is 18.9 Å². The second-order valence-electron chi connectivity index (χ2n) is 4.78. The largest absolute Gasteiger partial charge is 0.383 e. The number of thioether (sulfide) groups is 1. The minimum atomic E-state index is -0.387. The Balaban J connectivity index is 1.76. The molecule has 2 heterocycles. The van der Waals surface area contributed by atoms with Crippen molar-refractivity contribution in [2.45, 2.75) is 11.4 Å². The van der Waals surface area contributed by atoms with Gasteiger partial charge in [0.05, 0.1) is 6.61 Å². The molecule has 0 spiro atoms. The Morgan fingerprint density at radius 3 is 3.10 bits per heavy atom. The average Bonchev–Trinajstić information content (AvgIpc) is 3.01. The van der Waals surface area contributed by atoms with E-state index in [-0.39, 0.29) is 23.2 Å². The monoisotopic (exact) mass is 292 g/mol. The van der Waals surface area contributed by atoms with E-state index in [0.717, 1.165) is 11.1 Å². The van der Waals surface area contributed by atoms with Gasteiger partial charge in [0.2, 0.25) is 5.91 Å². The highest BCUT2D eigenvalue weighted by Gasteiger charge is 2.48. The molecular weight excluding hydrogens is 276 g/mol. The maximum absolute atomic E-state index is 12.4. The van der Waals surface area contributed by atoms with E-state index in [1.807, 2.05) is 24.3 Å². The van der Waals surface area contributed by atoms with Crippen LogP contribution in [-0.4, -0.2) is 48.8 Å². The third-order valence-corrected chi connectivity index (χ3v) is 4.91. The second kappa shape index (κ2) is 5.46. The molecule has 3 rings (SSSR count). The molecule has 6 heteroatoms. The molecule has 2 atom stereocenters. The standard InChI is InChI=1S/C14H16N2O3S/c1-19-7-6-15-12(17)11-8-20-14-10-5-3-2-4-9(10)13(18)16(11)14/h2-5,11,14H,6-8H2,1H3,(H,15,17)/t11-,14+/m0/s1. The van der Waals surface area contributed by atoms with Crippen LogP contribution in [0, 0.1) is 0 Å². The third-order valence-electron chi connectivity index (χ3n) is 3.60. The van der Waals surface area contributed by atoms with Crippen LogP contribution in [0.1, 0.15) is 21.3 Å². The van der Waals surface area contributed by atoms with Gasteiger partial charge in [-0.15, -0.1) is 11.8 Å². The zero-order chi connectivity index (χ0) is 14.1. The minimum absolute atomic E-state index is 0.0168. The summed E-state index contributed by atoms with van der Waals surface area (Å²) in [5, 5.41) is 2.80. The number of hydrogen-bond donors (Lipinski definition) is 1. The first-order chi connectivity index (χ1) is 9.74. The molecule has 1 saturated heterocycles. The Morgan fingerprint density at radius 1 is 1.50 bits per heavy atom. The number of nitrogens with one attached hydrogen (secondary N) is 1. The van der Waals surface area contributed by atoms with Crippen LogP contribution in [0.5, 0.6) is 0 Å². The molecule has 2 aliphatic heterocycles. The van der Waals surface area contributed by atoms with Crippen molar-refractivity contribution < 1.29 is 14.3 Å². The Labute approximate surface area is 121 Å². The predicted molar refractivity (Wildman–Crippen MR) is 76.5 cm³/mol. The number of hydrogen-bond acceptors (Lipinski definition) is 4. The van der Waals surface area contributed by atoms with Crippen molar-refractivity contribution in [3.8, 4) is 0 Å². The van der Waals surface area contributed by atoms with Crippen molar-refractivity contribution in [1.29, 1.82) is 0 Å². The summed E-state index contributed by atoms with van der Waals surface area (Å²) in [4.78, 5) is 26.3. The van der Waals surface area contributed by atoms with Gasteiger partial charge in [-0.05, 0) is 11.6 Å². The van der Waals surface area contributed by atoms with Gasteiger partial charge in [-0.2, -0.15) is 0 Å². The molecule has 0 saturated carbocycles. The van der Waals surface area contributed by atoms with Gasteiger partial charge in [0, 0.05) is 25.0 Å². The van der Waals surface area contributed by atoms with Crippen LogP contribution in [-0.2, 0) is 9.53 Å². The topological polar surface area (TPSA) is 58.6 Å². The molecule has 5 nitrogen and oxygen atoms in total. The highest BCUT2D eigenvalue weighted by molar-refractivity contribution is 7.99. The molecule has 106 valence electrons. The van der Waals surface area contributed by atoms with Crippen molar-refractivity contribution in [3.05, 3.63) is 35.4 Å². The Morgan fingerprint density at radius 2 is 2.30 bits per heavy atom. The van der Waals surface area contributed by atoms with Crippen molar-refractivity contribution in [3.63, 3.8) is 0 Å². The van der Waals surface area contributed by atoms with Gasteiger partial charge >= 0.3 is 0 Å². The average molecular weight is 292 g/mol. The van der Waals surface area contributed by atoms with E-state index < -0.39 is 0 Å². The first-order valence-corrected chi connectivity index (χ1v) is 7.58. The predicted octanol–water partition coefficient (Wildman–Crippen LogP) is 1.02. The number of carbonyl (C=O) groups excluding carboxylic acids is 2. The maximum Gasteiger partial charge on any atom is 0.256 e. The van der Waals surface area contributed by atoms with E-state index in [1.54, 1.807) is 23.8 Å². The van der Waals surface area contributed by atoms with Gasteiger partial charge < -0.3 is 15.0 Å². The summed E-state index contributed by atoms with van der Waals surface area (Å²) in [6.45, 7) is 0.944. The number of benzene rings is 1. The summed E-state index contributed by atoms with van der Waals surface area (Å²) in [6.07, 6.45) is 0. The lowest BCUT2D eigenvalue weighted by Gasteiger charge is -2.22. The quantitative estimate of drug-likeness (QED) is 0.842. The van der Waals surface area contributed by atoms with Gasteiger partial charge in [0.25, 0.3) is 5.91 Å². The molecule has 1 fully saturated rings. The van der Waals surface area contributed by atoms with Gasteiger partial charge in [0.1, 0.15) is 11.4 Å². The lowest BCUT2D eigenvalue weighted by atomic mass is 10.1. The first-order valence-electron chi connectivity index (χ1n) is 6.54. The van der Waals surface area contributed by atoms with Crippen LogP contribution >= 0.6 is 11.8 Å². The number of fused-ring (bicyclic) bond motifs is 3. The summed E-state index contributed by atoms with van der Waals surface area (Å²) in [5.41, 5.74) is 1.74. The normalized spacial score (nSPS) is 23.6. The molecule has 1 aromatic carbocycles. The van der Waals surface area contributed by atoms with E-state index in [4.69, 9.17) is 4.74 Å². The second-order valence-corrected chi connectivity index (χ2v) is 5.90. The minimum Gasteiger partial charge on any atom is -0.383 e. The zero-order valence-electron chi connectivity index (χ0n) is 11.2. The molecular formula is C14H16N2O3S. The summed E-state index contributed by atoms with van der Waals surface area (Å²) in [7, 11) is 1.59. The Kier molecular flexibility index (Phi) is 3.67. The number of rotatable bonds is 4. The number of ether oxygens (including phenoxy) is 1. The van der Waals surface area contributed by atoms with Gasteiger partial charge in [-0.3, -0.25) is 9.59 Å². The van der Waals surface area contributed by atoms with Gasteiger partial charge in [-0.25, -0.2) is 0 Å². The molecule has 0 bridgehead atoms. The van der Waals surface area contributed by atoms with Crippen LogP contribution < -0.4 is 5.32 Å². The van der Waals surface area contributed by atoms with Crippen LogP contribution in [0.4, 0.5) is 0 Å². The number of carbonyl (C=O) groups is 2. The maximum atomic E-state index is 12.4. The molecule has 0 aromatic heterocycles. The lowest BCUT2D eigenvalue weighted by molar-refractivity contribution is -0.124. The summed E-state index contributed by atoms with van der Waals surface area (Å²) < 4.78 is 4.91. The SMILES string of the molecule is COCCNC(=O)[C@@H]1CS[C@@H]2c3ccccc3C(=O)N21. The molecule has 1 N–H and O–H groups in total. The molecule has 2 aliphatic rings. The van der Waals surface area contributed by atoms with Gasteiger partial charge in [0.15, 0.2) is 0 Å². The van der Waals surface area contributed by atoms with E-state index in [1.165, 1.54) is 0 Å². The lowest BCUT2D eigenvalue weighted by Crippen LogP contribution is -2.46. The van der Waals surface area contributed by atoms with Crippen molar-refractivity contribution in [2.24, 2.45) is 0 Å². The summed E-state index contributed by atoms with van der Waals surface area (Å²) in [5.74, 6) is 0.504. The smallest absolute Gasteiger partial charge is 0.256 e. The van der Waals surface area contributed by atoms with Crippen LogP contribution in [0.15, 0.2) is 24.3 Å². The number of nitrogens with zero attached hydrogens (tertiary/aromatic N) is 1. The van der Waals surface area contributed by atoms with E-state index in [2.05, 4.69) is 5.32 Å². The van der Waals surface area contributed by atoms with Crippen LogP contribution in [0.2, 0.25) is 0 Å². The highest BCUT2D eigenvalue weighted by Crippen LogP contribution is 2.47. The van der Waals surface area contributed by atoms with Crippen molar-refractivity contribution in [2.75, 3.05) is 26.0 Å². The highest BCUT2D eigenvalue weighted by atomic mass is 32.2. The van der Waals surface area contributed by atoms with Crippen LogP contribution in [0.25, 0.3) is 0 Å². The molecule has 2 amide bonds. The first kappa shape index (κ1) is 13.5. The Bertz CT molecular complexity index is 549. The summed E-state index contributed by atoms with van der Waals surface area (Å²) >= 11 is 1.65. The fourth-order valence-electron chi connectivity index (χ4n) is 2.64. The third kappa shape index (κ3) is 2.09. The molecule has 0 radical (unpaired) electrons. The molecule has 20 heavy (non-hydrogen) atoms. The van der Waals surface area contributed by atoms with E-state index >= 15 is 0 Å². The Hall–Kier alpha value is -1.53. The van der Waals surface area contributed by atoms with Crippen LogP contribution in [0.3, 0.4) is 0 Å². The number of amides is 2. The summed E-state index contributed by atoms with van der Waals surface area (Å²) in [6, 6.07) is 7.20.